The smallest absolute Gasteiger partial charge is 0.220 e. The number of nitrogens with one attached hydrogen (secondary N) is 1. The number of hydrogen-bond donors (Lipinski definition) is 2. The lowest BCUT2D eigenvalue weighted by molar-refractivity contribution is -0.122. The zero-order valence-corrected chi connectivity index (χ0v) is 11.9. The molecule has 1 heterocycles. The van der Waals surface area contributed by atoms with Gasteiger partial charge in [-0.25, -0.2) is 0 Å². The fourth-order valence-electron chi connectivity index (χ4n) is 2.53. The molecule has 1 aromatic rings. The summed E-state index contributed by atoms with van der Waals surface area (Å²) in [5.41, 5.74) is 0.284. The minimum Gasteiger partial charge on any atom is -0.495 e. The lowest BCUT2D eigenvalue weighted by Crippen LogP contribution is -2.40. The van der Waals surface area contributed by atoms with Crippen LogP contribution in [0.4, 0.5) is 0 Å². The van der Waals surface area contributed by atoms with Crippen LogP contribution in [-0.4, -0.2) is 35.3 Å². The molecule has 0 radical (unpaired) electrons. The number of rotatable bonds is 6. The SMILES string of the molecule is COc1cncc(CCC(=O)NCC2(O)CCCC2)c1. The maximum absolute atomic E-state index is 11.8. The number of pyridine rings is 1. The number of methoxy groups -OCH3 is 1. The zero-order chi connectivity index (χ0) is 14.4. The molecule has 0 bridgehead atoms. The van der Waals surface area contributed by atoms with Gasteiger partial charge in [-0.1, -0.05) is 12.8 Å². The summed E-state index contributed by atoms with van der Waals surface area (Å²) in [5.74, 6) is 0.663. The van der Waals surface area contributed by atoms with Crippen molar-refractivity contribution in [1.29, 1.82) is 0 Å². The van der Waals surface area contributed by atoms with Crippen LogP contribution in [0.15, 0.2) is 18.5 Å². The Balaban J connectivity index is 1.74. The molecule has 1 aliphatic rings. The van der Waals surface area contributed by atoms with E-state index >= 15 is 0 Å². The monoisotopic (exact) mass is 278 g/mol. The number of nitrogens with zero attached hydrogens (tertiary/aromatic N) is 1. The van der Waals surface area contributed by atoms with Crippen LogP contribution in [0, 0.1) is 0 Å². The van der Waals surface area contributed by atoms with Crippen LogP contribution in [0.1, 0.15) is 37.7 Å². The van der Waals surface area contributed by atoms with Crippen LogP contribution in [0.3, 0.4) is 0 Å². The Bertz CT molecular complexity index is 456. The number of aliphatic hydroxyl groups is 1. The fraction of sp³-hybridized carbons (Fsp3) is 0.600. The van der Waals surface area contributed by atoms with E-state index in [4.69, 9.17) is 4.74 Å². The van der Waals surface area contributed by atoms with Crippen LogP contribution >= 0.6 is 0 Å². The molecule has 5 nitrogen and oxygen atoms in total. The number of carbonyl (C=O) groups excluding carboxylic acids is 1. The van der Waals surface area contributed by atoms with Gasteiger partial charge in [-0.15, -0.1) is 0 Å². The molecule has 1 fully saturated rings. The van der Waals surface area contributed by atoms with Gasteiger partial charge in [0.05, 0.1) is 18.9 Å². The van der Waals surface area contributed by atoms with Gasteiger partial charge in [0.1, 0.15) is 5.75 Å². The van der Waals surface area contributed by atoms with Crippen molar-refractivity contribution in [3.8, 4) is 5.75 Å². The maximum Gasteiger partial charge on any atom is 0.220 e. The van der Waals surface area contributed by atoms with E-state index in [0.29, 0.717) is 25.1 Å². The van der Waals surface area contributed by atoms with Gasteiger partial charge in [-0.3, -0.25) is 9.78 Å². The molecule has 1 amide bonds. The number of amides is 1. The first-order chi connectivity index (χ1) is 9.61. The third-order valence-electron chi connectivity index (χ3n) is 3.80. The van der Waals surface area contributed by atoms with E-state index in [-0.39, 0.29) is 5.91 Å². The van der Waals surface area contributed by atoms with Gasteiger partial charge in [0.2, 0.25) is 5.91 Å². The number of carbonyl (C=O) groups is 1. The lowest BCUT2D eigenvalue weighted by Gasteiger charge is -2.22. The van der Waals surface area contributed by atoms with Gasteiger partial charge in [0.15, 0.2) is 0 Å². The molecule has 1 aliphatic carbocycles. The van der Waals surface area contributed by atoms with Crippen molar-refractivity contribution < 1.29 is 14.6 Å². The van der Waals surface area contributed by atoms with Crippen molar-refractivity contribution in [3.63, 3.8) is 0 Å². The molecule has 20 heavy (non-hydrogen) atoms. The topological polar surface area (TPSA) is 71.5 Å². The minimum atomic E-state index is -0.687. The third kappa shape index (κ3) is 4.20. The number of ether oxygens (including phenoxy) is 1. The van der Waals surface area contributed by atoms with E-state index in [1.165, 1.54) is 0 Å². The number of aryl methyl sites for hydroxylation is 1. The first kappa shape index (κ1) is 14.8. The standard InChI is InChI=1S/C15H22N2O3/c1-20-13-8-12(9-16-10-13)4-5-14(18)17-11-15(19)6-2-3-7-15/h8-10,19H,2-7,11H2,1H3,(H,17,18). The highest BCUT2D eigenvalue weighted by atomic mass is 16.5. The van der Waals surface area contributed by atoms with Crippen molar-refractivity contribution in [2.45, 2.75) is 44.1 Å². The Labute approximate surface area is 119 Å². The molecule has 0 unspecified atom stereocenters. The van der Waals surface area contributed by atoms with Crippen LogP contribution in [0.25, 0.3) is 0 Å². The Morgan fingerprint density at radius 1 is 1.45 bits per heavy atom. The van der Waals surface area contributed by atoms with Crippen LogP contribution in [0.2, 0.25) is 0 Å². The molecule has 5 heteroatoms. The molecule has 0 saturated heterocycles. The second kappa shape index (κ2) is 6.70. The summed E-state index contributed by atoms with van der Waals surface area (Å²) in [4.78, 5) is 15.9. The van der Waals surface area contributed by atoms with Crippen molar-refractivity contribution in [1.82, 2.24) is 10.3 Å². The Morgan fingerprint density at radius 3 is 2.90 bits per heavy atom. The highest BCUT2D eigenvalue weighted by Gasteiger charge is 2.31. The van der Waals surface area contributed by atoms with Gasteiger partial charge in [0, 0.05) is 19.2 Å². The highest BCUT2D eigenvalue weighted by molar-refractivity contribution is 5.76. The van der Waals surface area contributed by atoms with Crippen molar-refractivity contribution >= 4 is 5.91 Å². The normalized spacial score (nSPS) is 16.9. The second-order valence-corrected chi connectivity index (χ2v) is 5.44. The summed E-state index contributed by atoms with van der Waals surface area (Å²) in [5, 5.41) is 13.0. The molecular formula is C15H22N2O3. The molecule has 2 N–H and O–H groups in total. The quantitative estimate of drug-likeness (QED) is 0.826. The van der Waals surface area contributed by atoms with E-state index in [1.807, 2.05) is 6.07 Å². The maximum atomic E-state index is 11.8. The van der Waals surface area contributed by atoms with Gasteiger partial charge < -0.3 is 15.2 Å². The summed E-state index contributed by atoms with van der Waals surface area (Å²) in [6.07, 6.45) is 8.04. The highest BCUT2D eigenvalue weighted by Crippen LogP contribution is 2.28. The largest absolute Gasteiger partial charge is 0.495 e. The molecule has 1 saturated carbocycles. The van der Waals surface area contributed by atoms with Crippen molar-refractivity contribution in [2.75, 3.05) is 13.7 Å². The summed E-state index contributed by atoms with van der Waals surface area (Å²) in [6, 6.07) is 1.88. The summed E-state index contributed by atoms with van der Waals surface area (Å²) in [6.45, 7) is 0.363. The average Bonchev–Trinajstić information content (AvgIpc) is 2.90. The second-order valence-electron chi connectivity index (χ2n) is 5.44. The predicted molar refractivity (Wildman–Crippen MR) is 75.5 cm³/mol. The van der Waals surface area contributed by atoms with Gasteiger partial charge >= 0.3 is 0 Å². The average molecular weight is 278 g/mol. The molecular weight excluding hydrogens is 256 g/mol. The van der Waals surface area contributed by atoms with E-state index in [1.54, 1.807) is 19.5 Å². The van der Waals surface area contributed by atoms with E-state index < -0.39 is 5.60 Å². The summed E-state index contributed by atoms with van der Waals surface area (Å²) < 4.78 is 5.09. The summed E-state index contributed by atoms with van der Waals surface area (Å²) >= 11 is 0. The summed E-state index contributed by atoms with van der Waals surface area (Å²) in [7, 11) is 1.59. The Hall–Kier alpha value is -1.62. The molecule has 1 aromatic heterocycles. The fourth-order valence-corrected chi connectivity index (χ4v) is 2.53. The van der Waals surface area contributed by atoms with Gasteiger partial charge in [-0.2, -0.15) is 0 Å². The minimum absolute atomic E-state index is 0.0341. The van der Waals surface area contributed by atoms with Crippen molar-refractivity contribution in [2.24, 2.45) is 0 Å². The molecule has 0 spiro atoms. The Morgan fingerprint density at radius 2 is 2.20 bits per heavy atom. The zero-order valence-electron chi connectivity index (χ0n) is 11.9. The molecule has 0 aromatic carbocycles. The van der Waals surface area contributed by atoms with Crippen molar-refractivity contribution in [3.05, 3.63) is 24.0 Å². The van der Waals surface area contributed by atoms with E-state index in [9.17, 15) is 9.90 Å². The number of hydrogen-bond acceptors (Lipinski definition) is 4. The molecule has 2 rings (SSSR count). The Kier molecular flexibility index (Phi) is 4.95. The van der Waals surface area contributed by atoms with Crippen LogP contribution in [0.5, 0.6) is 5.75 Å². The van der Waals surface area contributed by atoms with Crippen LogP contribution < -0.4 is 10.1 Å². The first-order valence-electron chi connectivity index (χ1n) is 7.08. The molecule has 0 atom stereocenters. The lowest BCUT2D eigenvalue weighted by atomic mass is 10.0. The molecule has 0 aliphatic heterocycles. The number of aromatic nitrogens is 1. The van der Waals surface area contributed by atoms with Gasteiger partial charge in [-0.05, 0) is 30.9 Å². The van der Waals surface area contributed by atoms with E-state index in [2.05, 4.69) is 10.3 Å². The molecule has 110 valence electrons. The third-order valence-corrected chi connectivity index (χ3v) is 3.80. The van der Waals surface area contributed by atoms with Crippen LogP contribution in [-0.2, 0) is 11.2 Å². The first-order valence-corrected chi connectivity index (χ1v) is 7.08. The van der Waals surface area contributed by atoms with E-state index in [0.717, 1.165) is 31.2 Å². The predicted octanol–water partition coefficient (Wildman–Crippen LogP) is 1.44. The van der Waals surface area contributed by atoms with Gasteiger partial charge in [0.25, 0.3) is 0 Å².